The number of sulfonamides is 1. The Balaban J connectivity index is 1.44. The summed E-state index contributed by atoms with van der Waals surface area (Å²) in [5.74, 6) is -3.98. The average Bonchev–Trinajstić information content (AvgIpc) is 3.24. The summed E-state index contributed by atoms with van der Waals surface area (Å²) in [6, 6.07) is 4.88. The molecule has 184 valence electrons. The molecule has 1 saturated carbocycles. The number of nitrogens with zero attached hydrogens (tertiary/aromatic N) is 3. The Morgan fingerprint density at radius 1 is 1.18 bits per heavy atom. The maximum atomic E-state index is 15.2. The molecule has 5 rings (SSSR count). The Morgan fingerprint density at radius 2 is 1.91 bits per heavy atom. The predicted molar refractivity (Wildman–Crippen MR) is 124 cm³/mol. The van der Waals surface area contributed by atoms with Crippen molar-refractivity contribution in [2.45, 2.75) is 62.0 Å². The molecule has 3 atom stereocenters. The van der Waals surface area contributed by atoms with Crippen molar-refractivity contribution in [3.8, 4) is 0 Å². The SMILES string of the molecule is CN1[C@@H]([C@@]23CCN(c4cc(F)c(S(=O)(=O)Nc5cccc(F)n5)c(F)c4Cl)C2C3)CCC1(C)C. The van der Waals surface area contributed by atoms with E-state index >= 15 is 8.78 Å². The highest BCUT2D eigenvalue weighted by Crippen LogP contribution is 2.64. The minimum absolute atomic E-state index is 0.0498. The van der Waals surface area contributed by atoms with Crippen LogP contribution in [0.5, 0.6) is 0 Å². The summed E-state index contributed by atoms with van der Waals surface area (Å²) in [6.45, 7) is 5.04. The molecule has 1 unspecified atom stereocenters. The van der Waals surface area contributed by atoms with Crippen LogP contribution < -0.4 is 9.62 Å². The van der Waals surface area contributed by atoms with Crippen molar-refractivity contribution in [2.24, 2.45) is 5.41 Å². The first-order valence-electron chi connectivity index (χ1n) is 11.2. The van der Waals surface area contributed by atoms with Gasteiger partial charge in [-0.2, -0.15) is 4.39 Å². The van der Waals surface area contributed by atoms with Gasteiger partial charge in [0.05, 0.1) is 5.69 Å². The number of nitrogens with one attached hydrogen (secondary N) is 1. The molecule has 0 spiro atoms. The molecular weight excluding hydrogens is 489 g/mol. The predicted octanol–water partition coefficient (Wildman–Crippen LogP) is 4.79. The zero-order valence-electron chi connectivity index (χ0n) is 19.1. The van der Waals surface area contributed by atoms with Crippen LogP contribution >= 0.6 is 11.6 Å². The number of aromatic nitrogens is 1. The molecule has 3 fully saturated rings. The quantitative estimate of drug-likeness (QED) is 0.459. The van der Waals surface area contributed by atoms with E-state index in [1.807, 2.05) is 9.62 Å². The lowest BCUT2D eigenvalue weighted by molar-refractivity contribution is 0.121. The van der Waals surface area contributed by atoms with Gasteiger partial charge >= 0.3 is 0 Å². The summed E-state index contributed by atoms with van der Waals surface area (Å²) in [6.07, 6.45) is 3.95. The third-order valence-electron chi connectivity index (χ3n) is 8.02. The Bertz CT molecular complexity index is 1280. The van der Waals surface area contributed by atoms with E-state index in [1.165, 1.54) is 12.1 Å². The van der Waals surface area contributed by atoms with E-state index in [0.717, 1.165) is 37.8 Å². The fourth-order valence-corrected chi connectivity index (χ4v) is 7.38. The number of hydrogen-bond donors (Lipinski definition) is 1. The molecule has 1 aromatic heterocycles. The van der Waals surface area contributed by atoms with Crippen molar-refractivity contribution in [3.63, 3.8) is 0 Å². The lowest BCUT2D eigenvalue weighted by Gasteiger charge is -2.35. The highest BCUT2D eigenvalue weighted by atomic mass is 35.5. The molecule has 1 N–H and O–H groups in total. The van der Waals surface area contributed by atoms with E-state index in [9.17, 15) is 12.8 Å². The van der Waals surface area contributed by atoms with E-state index in [2.05, 4.69) is 30.8 Å². The Labute approximate surface area is 202 Å². The molecule has 34 heavy (non-hydrogen) atoms. The van der Waals surface area contributed by atoms with E-state index in [4.69, 9.17) is 11.6 Å². The van der Waals surface area contributed by atoms with Crippen LogP contribution in [0.2, 0.25) is 5.02 Å². The van der Waals surface area contributed by atoms with Crippen LogP contribution in [-0.2, 0) is 10.0 Å². The van der Waals surface area contributed by atoms with Crippen molar-refractivity contribution >= 4 is 33.1 Å². The maximum Gasteiger partial charge on any atom is 0.268 e. The van der Waals surface area contributed by atoms with E-state index < -0.39 is 43.3 Å². The third-order valence-corrected chi connectivity index (χ3v) is 9.77. The average molecular weight is 515 g/mol. The molecule has 2 aliphatic heterocycles. The molecule has 3 heterocycles. The Morgan fingerprint density at radius 3 is 2.53 bits per heavy atom. The number of benzene rings is 1. The van der Waals surface area contributed by atoms with E-state index in [1.54, 1.807) is 0 Å². The smallest absolute Gasteiger partial charge is 0.268 e. The van der Waals surface area contributed by atoms with Crippen LogP contribution in [0.1, 0.15) is 39.5 Å². The monoisotopic (exact) mass is 514 g/mol. The second-order valence-corrected chi connectivity index (χ2v) is 12.2. The minimum Gasteiger partial charge on any atom is -0.367 e. The van der Waals surface area contributed by atoms with Gasteiger partial charge in [0.15, 0.2) is 10.7 Å². The molecule has 0 bridgehead atoms. The van der Waals surface area contributed by atoms with Crippen LogP contribution in [0.3, 0.4) is 0 Å². The second kappa shape index (κ2) is 7.73. The number of anilines is 2. The minimum atomic E-state index is -4.74. The van der Waals surface area contributed by atoms with Gasteiger partial charge in [0.2, 0.25) is 5.95 Å². The summed E-state index contributed by atoms with van der Waals surface area (Å²) >= 11 is 6.29. The highest BCUT2D eigenvalue weighted by molar-refractivity contribution is 7.92. The summed E-state index contributed by atoms with van der Waals surface area (Å²) in [5, 5.41) is -0.447. The van der Waals surface area contributed by atoms with Gasteiger partial charge < -0.3 is 4.90 Å². The zero-order chi connectivity index (χ0) is 24.6. The fraction of sp³-hybridized carbons (Fsp3) is 0.522. The fourth-order valence-electron chi connectivity index (χ4n) is 5.92. The van der Waals surface area contributed by atoms with Crippen LogP contribution in [-0.4, -0.2) is 49.5 Å². The summed E-state index contributed by atoms with van der Waals surface area (Å²) in [5.41, 5.74) is 0.313. The van der Waals surface area contributed by atoms with Gasteiger partial charge in [-0.1, -0.05) is 17.7 Å². The molecule has 1 aromatic carbocycles. The molecule has 6 nitrogen and oxygen atoms in total. The largest absolute Gasteiger partial charge is 0.367 e. The normalized spacial score (nSPS) is 28.3. The van der Waals surface area contributed by atoms with Crippen molar-refractivity contribution in [3.05, 3.63) is 46.9 Å². The van der Waals surface area contributed by atoms with Gasteiger partial charge in [-0.3, -0.25) is 9.62 Å². The first-order valence-corrected chi connectivity index (χ1v) is 13.1. The third kappa shape index (κ3) is 3.56. The number of fused-ring (bicyclic) bond motifs is 1. The molecular formula is C23H26ClF3N4O2S. The zero-order valence-corrected chi connectivity index (χ0v) is 20.7. The number of piperidine rings is 1. The molecule has 1 aliphatic carbocycles. The van der Waals surface area contributed by atoms with Gasteiger partial charge in [-0.05, 0) is 58.7 Å². The summed E-state index contributed by atoms with van der Waals surface area (Å²) < 4.78 is 70.9. The first-order chi connectivity index (χ1) is 15.9. The first kappa shape index (κ1) is 23.7. The van der Waals surface area contributed by atoms with Crippen LogP contribution in [0.15, 0.2) is 29.2 Å². The number of likely N-dealkylation sites (tertiary alicyclic amines) is 1. The molecule has 0 radical (unpaired) electrons. The van der Waals surface area contributed by atoms with Crippen LogP contribution in [0.25, 0.3) is 0 Å². The van der Waals surface area contributed by atoms with Crippen molar-refractivity contribution < 1.29 is 21.6 Å². The molecule has 3 aliphatic rings. The maximum absolute atomic E-state index is 15.2. The number of rotatable bonds is 5. The van der Waals surface area contributed by atoms with Crippen molar-refractivity contribution in [1.29, 1.82) is 0 Å². The number of pyridine rings is 1. The van der Waals surface area contributed by atoms with Crippen LogP contribution in [0.4, 0.5) is 24.7 Å². The van der Waals surface area contributed by atoms with Gasteiger partial charge in [-0.25, -0.2) is 22.2 Å². The molecule has 2 aromatic rings. The summed E-state index contributed by atoms with van der Waals surface area (Å²) in [7, 11) is -2.61. The highest BCUT2D eigenvalue weighted by Gasteiger charge is 2.67. The van der Waals surface area contributed by atoms with E-state index in [0.29, 0.717) is 12.6 Å². The molecule has 2 saturated heterocycles. The van der Waals surface area contributed by atoms with Crippen molar-refractivity contribution in [2.75, 3.05) is 23.2 Å². The topological polar surface area (TPSA) is 65.5 Å². The van der Waals surface area contributed by atoms with Crippen molar-refractivity contribution in [1.82, 2.24) is 9.88 Å². The number of halogens is 4. The molecule has 0 amide bonds. The lowest BCUT2D eigenvalue weighted by atomic mass is 9.92. The van der Waals surface area contributed by atoms with Gasteiger partial charge in [0, 0.05) is 35.6 Å². The number of hydrogen-bond acceptors (Lipinski definition) is 5. The lowest BCUT2D eigenvalue weighted by Crippen LogP contribution is -2.44. The second-order valence-electron chi connectivity index (χ2n) is 10.2. The van der Waals surface area contributed by atoms with Gasteiger partial charge in [0.25, 0.3) is 10.0 Å². The van der Waals surface area contributed by atoms with Gasteiger partial charge in [0.1, 0.15) is 16.7 Å². The molecule has 11 heteroatoms. The standard InChI is InChI=1S/C23H26ClF3N4O2S/c1-22(2)8-7-15(30(22)3)23-9-10-31(16(23)12-23)14-11-13(25)21(20(27)19(14)24)34(32,33)29-18-6-4-5-17(26)28-18/h4-6,11,15-16H,7-10,12H2,1-3H3,(H,28,29)/t15-,16?,23+/m1/s1. The Hall–Kier alpha value is -2.04. The summed E-state index contributed by atoms with van der Waals surface area (Å²) in [4.78, 5) is 6.49. The Kier molecular flexibility index (Phi) is 5.39. The van der Waals surface area contributed by atoms with Crippen LogP contribution in [0, 0.1) is 23.0 Å². The van der Waals surface area contributed by atoms with E-state index in [-0.39, 0.29) is 22.7 Å². The van der Waals surface area contributed by atoms with Gasteiger partial charge in [-0.15, -0.1) is 0 Å².